The summed E-state index contributed by atoms with van der Waals surface area (Å²) in [4.78, 5) is 36.6. The molecule has 1 aliphatic rings. The molecule has 0 spiro atoms. The van der Waals surface area contributed by atoms with Gasteiger partial charge in [-0.2, -0.15) is 13.2 Å². The summed E-state index contributed by atoms with van der Waals surface area (Å²) in [5.41, 5.74) is 2.00. The molecule has 2 unspecified atom stereocenters. The maximum absolute atomic E-state index is 14.7. The number of amides is 2. The minimum Gasteiger partial charge on any atom is -0.494 e. The molecule has 0 fully saturated rings. The highest BCUT2D eigenvalue weighted by Gasteiger charge is 2.37. The van der Waals surface area contributed by atoms with Gasteiger partial charge < -0.3 is 15.0 Å². The summed E-state index contributed by atoms with van der Waals surface area (Å²) in [7, 11) is 1.79. The van der Waals surface area contributed by atoms with Gasteiger partial charge in [0.1, 0.15) is 11.6 Å². The number of nitrogens with one attached hydrogen (secondary N) is 1. The highest BCUT2D eigenvalue weighted by molar-refractivity contribution is 6.09. The van der Waals surface area contributed by atoms with Gasteiger partial charge in [0.15, 0.2) is 0 Å². The van der Waals surface area contributed by atoms with E-state index in [4.69, 9.17) is 4.74 Å². The number of hydrogen-bond acceptors (Lipinski definition) is 5. The second-order valence-corrected chi connectivity index (χ2v) is 12.2. The van der Waals surface area contributed by atoms with Crippen LogP contribution >= 0.6 is 0 Å². The van der Waals surface area contributed by atoms with Crippen LogP contribution in [0.4, 0.5) is 23.2 Å². The summed E-state index contributed by atoms with van der Waals surface area (Å²) in [6, 6.07) is 20.1. The third-order valence-electron chi connectivity index (χ3n) is 8.75. The lowest BCUT2D eigenvalue weighted by Gasteiger charge is -2.40. The Kier molecular flexibility index (Phi) is 11.7. The fraction of sp³-hybridized carbons (Fsp3) is 0.308. The first-order valence-electron chi connectivity index (χ1n) is 16.6. The Morgan fingerprint density at radius 3 is 2.48 bits per heavy atom. The topological polar surface area (TPSA) is 74.8 Å². The Bertz CT molecular complexity index is 1810. The van der Waals surface area contributed by atoms with E-state index in [0.29, 0.717) is 60.3 Å². The van der Waals surface area contributed by atoms with Crippen LogP contribution in [0, 0.1) is 5.82 Å². The second kappa shape index (κ2) is 16.1. The standard InChI is InChI=1S/C39H40F4N4O3/c1-4-50-30-15-13-29(14-16-30)47-36(18-11-26(2)31-9-5-6-10-32(31)38(47)49)35(19-21-44-3)46(25-28-8-7-20-45-24-28)37(48)23-27-12-17-33(34(40)22-27)39(41,42)43/h5-10,12-18,20,22,24,26,35,44H,4,11,19,21,23,25H2,1-3H3/b36-18+. The van der Waals surface area contributed by atoms with Gasteiger partial charge in [0, 0.05) is 35.9 Å². The van der Waals surface area contributed by atoms with Crippen LogP contribution in [0.2, 0.25) is 0 Å². The monoisotopic (exact) mass is 688 g/mol. The highest BCUT2D eigenvalue weighted by Crippen LogP contribution is 2.36. The van der Waals surface area contributed by atoms with Crippen molar-refractivity contribution < 1.29 is 31.9 Å². The average Bonchev–Trinajstić information content (AvgIpc) is 3.10. The van der Waals surface area contributed by atoms with Gasteiger partial charge in [-0.05, 0) is 104 Å². The first kappa shape index (κ1) is 36.3. The number of allylic oxidation sites excluding steroid dienone is 1. The summed E-state index contributed by atoms with van der Waals surface area (Å²) in [5, 5.41) is 3.16. The van der Waals surface area contributed by atoms with Gasteiger partial charge in [0.05, 0.1) is 24.6 Å². The number of ether oxygens (including phenoxy) is 1. The number of anilines is 1. The number of fused-ring (bicyclic) bond motifs is 1. The summed E-state index contributed by atoms with van der Waals surface area (Å²) in [5.74, 6) is -1.55. The minimum absolute atomic E-state index is 0.0184. The zero-order valence-electron chi connectivity index (χ0n) is 28.2. The normalized spacial score (nSPS) is 16.5. The number of hydrogen-bond donors (Lipinski definition) is 1. The largest absolute Gasteiger partial charge is 0.494 e. The van der Waals surface area contributed by atoms with E-state index < -0.39 is 29.5 Å². The van der Waals surface area contributed by atoms with E-state index in [1.54, 1.807) is 65.6 Å². The molecule has 50 heavy (non-hydrogen) atoms. The molecule has 5 rings (SSSR count). The molecule has 0 aliphatic carbocycles. The summed E-state index contributed by atoms with van der Waals surface area (Å²) < 4.78 is 60.3. The smallest absolute Gasteiger partial charge is 0.419 e. The van der Waals surface area contributed by atoms with E-state index in [1.165, 1.54) is 0 Å². The average molecular weight is 689 g/mol. The molecule has 1 N–H and O–H groups in total. The predicted octanol–water partition coefficient (Wildman–Crippen LogP) is 7.93. The summed E-state index contributed by atoms with van der Waals surface area (Å²) in [6.07, 6.45) is 0.948. The number of halogens is 4. The van der Waals surface area contributed by atoms with Gasteiger partial charge in [-0.3, -0.25) is 19.5 Å². The minimum atomic E-state index is -4.87. The molecule has 2 atom stereocenters. The second-order valence-electron chi connectivity index (χ2n) is 12.2. The summed E-state index contributed by atoms with van der Waals surface area (Å²) in [6.45, 7) is 4.95. The number of aromatic nitrogens is 1. The number of pyridine rings is 1. The Hall–Kier alpha value is -5.03. The van der Waals surface area contributed by atoms with Crippen LogP contribution in [0.5, 0.6) is 5.75 Å². The van der Waals surface area contributed by atoms with Crippen molar-refractivity contribution in [2.45, 2.75) is 57.8 Å². The molecule has 0 saturated carbocycles. The molecule has 1 aromatic heterocycles. The van der Waals surface area contributed by atoms with Gasteiger partial charge in [0.25, 0.3) is 5.91 Å². The first-order chi connectivity index (χ1) is 24.0. The van der Waals surface area contributed by atoms with Gasteiger partial charge in [-0.15, -0.1) is 0 Å². The zero-order valence-corrected chi connectivity index (χ0v) is 28.2. The number of benzene rings is 3. The molecule has 2 amide bonds. The highest BCUT2D eigenvalue weighted by atomic mass is 19.4. The van der Waals surface area contributed by atoms with Gasteiger partial charge in [-0.25, -0.2) is 4.39 Å². The van der Waals surface area contributed by atoms with Crippen molar-refractivity contribution in [3.8, 4) is 5.75 Å². The van der Waals surface area contributed by atoms with Crippen molar-refractivity contribution in [2.75, 3.05) is 25.1 Å². The third kappa shape index (κ3) is 8.39. The SMILES string of the molecule is CCOc1ccc(N2C(=O)c3ccccc3C(C)C/C=C/2C(CCNC)N(Cc2cccnc2)C(=O)Cc2ccc(C(F)(F)F)c(F)c2)cc1. The van der Waals surface area contributed by atoms with Crippen molar-refractivity contribution in [1.82, 2.24) is 15.2 Å². The van der Waals surface area contributed by atoms with Crippen LogP contribution < -0.4 is 15.0 Å². The van der Waals surface area contributed by atoms with E-state index in [-0.39, 0.29) is 30.4 Å². The van der Waals surface area contributed by atoms with Gasteiger partial charge in [0.2, 0.25) is 5.91 Å². The Morgan fingerprint density at radius 2 is 1.82 bits per heavy atom. The maximum atomic E-state index is 14.7. The van der Waals surface area contributed by atoms with Crippen molar-refractivity contribution >= 4 is 17.5 Å². The number of carbonyl (C=O) groups excluding carboxylic acids is 2. The van der Waals surface area contributed by atoms with Gasteiger partial charge >= 0.3 is 6.18 Å². The molecule has 2 heterocycles. The molecule has 7 nitrogen and oxygen atoms in total. The Morgan fingerprint density at radius 1 is 1.06 bits per heavy atom. The van der Waals surface area contributed by atoms with E-state index in [0.717, 1.165) is 17.7 Å². The molecule has 3 aromatic carbocycles. The lowest BCUT2D eigenvalue weighted by atomic mass is 9.88. The van der Waals surface area contributed by atoms with Crippen LogP contribution in [0.15, 0.2) is 103 Å². The van der Waals surface area contributed by atoms with Crippen LogP contribution in [-0.4, -0.2) is 47.9 Å². The first-order valence-corrected chi connectivity index (χ1v) is 16.6. The predicted molar refractivity (Wildman–Crippen MR) is 184 cm³/mol. The Balaban J connectivity index is 1.64. The lowest BCUT2D eigenvalue weighted by molar-refractivity contribution is -0.140. The van der Waals surface area contributed by atoms with Gasteiger partial charge in [-0.1, -0.05) is 43.3 Å². The molecule has 0 radical (unpaired) electrons. The molecule has 1 aliphatic heterocycles. The molecule has 11 heteroatoms. The molecule has 0 saturated heterocycles. The maximum Gasteiger partial charge on any atom is 0.419 e. The van der Waals surface area contributed by atoms with Crippen molar-refractivity contribution in [3.05, 3.63) is 137 Å². The number of rotatable bonds is 12. The zero-order chi connectivity index (χ0) is 35.8. The Labute approximate surface area is 289 Å². The number of carbonyl (C=O) groups is 2. The fourth-order valence-corrected chi connectivity index (χ4v) is 6.26. The van der Waals surface area contributed by atoms with E-state index in [1.807, 2.05) is 44.2 Å². The van der Waals surface area contributed by atoms with Crippen LogP contribution in [-0.2, 0) is 23.9 Å². The van der Waals surface area contributed by atoms with E-state index >= 15 is 0 Å². The van der Waals surface area contributed by atoms with Crippen molar-refractivity contribution in [1.29, 1.82) is 0 Å². The molecular formula is C39H40F4N4O3. The fourth-order valence-electron chi connectivity index (χ4n) is 6.26. The summed E-state index contributed by atoms with van der Waals surface area (Å²) >= 11 is 0. The number of nitrogens with zero attached hydrogens (tertiary/aromatic N) is 3. The lowest BCUT2D eigenvalue weighted by Crippen LogP contribution is -2.48. The quantitative estimate of drug-likeness (QED) is 0.153. The molecular weight excluding hydrogens is 648 g/mol. The van der Waals surface area contributed by atoms with Crippen LogP contribution in [0.25, 0.3) is 0 Å². The molecule has 262 valence electrons. The number of alkyl halides is 3. The van der Waals surface area contributed by atoms with Crippen LogP contribution in [0.1, 0.15) is 65.2 Å². The van der Waals surface area contributed by atoms with Crippen molar-refractivity contribution in [2.24, 2.45) is 0 Å². The molecule has 0 bridgehead atoms. The van der Waals surface area contributed by atoms with Crippen molar-refractivity contribution in [3.63, 3.8) is 0 Å². The van der Waals surface area contributed by atoms with E-state index in [2.05, 4.69) is 10.3 Å². The third-order valence-corrected chi connectivity index (χ3v) is 8.75. The molecule has 4 aromatic rings. The van der Waals surface area contributed by atoms with Crippen LogP contribution in [0.3, 0.4) is 0 Å². The van der Waals surface area contributed by atoms with E-state index in [9.17, 15) is 27.2 Å².